The van der Waals surface area contributed by atoms with Crippen LogP contribution in [-0.2, 0) is 9.53 Å². The van der Waals surface area contributed by atoms with Crippen molar-refractivity contribution in [3.8, 4) is 0 Å². The lowest BCUT2D eigenvalue weighted by atomic mass is 10.2. The Bertz CT molecular complexity index is 399. The third kappa shape index (κ3) is 3.58. The Balaban J connectivity index is 2.62. The molecule has 0 aliphatic heterocycles. The van der Waals surface area contributed by atoms with E-state index in [9.17, 15) is 9.59 Å². The molecule has 0 heterocycles. The quantitative estimate of drug-likeness (QED) is 0.751. The molecule has 1 rings (SSSR count). The summed E-state index contributed by atoms with van der Waals surface area (Å²) >= 11 is 0. The van der Waals surface area contributed by atoms with Crippen LogP contribution in [0.15, 0.2) is 30.3 Å². The van der Waals surface area contributed by atoms with E-state index in [0.29, 0.717) is 18.7 Å². The summed E-state index contributed by atoms with van der Waals surface area (Å²) in [7, 11) is 0. The maximum atomic E-state index is 11.9. The Kier molecular flexibility index (Phi) is 5.36. The van der Waals surface area contributed by atoms with Gasteiger partial charge in [-0.05, 0) is 32.9 Å². The van der Waals surface area contributed by atoms with Crippen LogP contribution in [0.3, 0.4) is 0 Å². The molecule has 0 radical (unpaired) electrons. The van der Waals surface area contributed by atoms with Gasteiger partial charge in [0.15, 0.2) is 6.10 Å². The average molecular weight is 249 g/mol. The number of rotatable bonds is 5. The molecule has 0 N–H and O–H groups in total. The van der Waals surface area contributed by atoms with Gasteiger partial charge in [-0.25, -0.2) is 4.79 Å². The number of amides is 1. The van der Waals surface area contributed by atoms with Gasteiger partial charge in [-0.2, -0.15) is 0 Å². The number of carbonyl (C=O) groups is 2. The predicted molar refractivity (Wildman–Crippen MR) is 69.2 cm³/mol. The van der Waals surface area contributed by atoms with E-state index in [1.165, 1.54) is 0 Å². The fourth-order valence-corrected chi connectivity index (χ4v) is 1.65. The second kappa shape index (κ2) is 6.79. The first-order chi connectivity index (χ1) is 8.60. The van der Waals surface area contributed by atoms with Crippen molar-refractivity contribution in [2.24, 2.45) is 0 Å². The van der Waals surface area contributed by atoms with E-state index in [1.54, 1.807) is 36.1 Å². The highest BCUT2D eigenvalue weighted by Gasteiger charge is 2.22. The minimum Gasteiger partial charge on any atom is -0.449 e. The van der Waals surface area contributed by atoms with Crippen LogP contribution in [-0.4, -0.2) is 36.0 Å². The molecule has 0 aliphatic carbocycles. The molecule has 4 heteroatoms. The molecule has 1 aromatic carbocycles. The third-order valence-corrected chi connectivity index (χ3v) is 2.72. The highest BCUT2D eigenvalue weighted by molar-refractivity contribution is 5.92. The zero-order valence-corrected chi connectivity index (χ0v) is 11.1. The fraction of sp³-hybridized carbons (Fsp3) is 0.429. The van der Waals surface area contributed by atoms with Crippen LogP contribution >= 0.6 is 0 Å². The smallest absolute Gasteiger partial charge is 0.338 e. The molecule has 0 saturated carbocycles. The second-order valence-electron chi connectivity index (χ2n) is 3.92. The highest BCUT2D eigenvalue weighted by atomic mass is 16.5. The van der Waals surface area contributed by atoms with Crippen LogP contribution < -0.4 is 0 Å². The SMILES string of the molecule is CCN(CC)C(=O)[C@@H](C)OC(=O)c1ccccc1. The van der Waals surface area contributed by atoms with Crippen molar-refractivity contribution in [1.29, 1.82) is 0 Å². The molecule has 1 atom stereocenters. The molecule has 0 unspecified atom stereocenters. The Morgan fingerprint density at radius 3 is 2.22 bits per heavy atom. The molecule has 0 spiro atoms. The lowest BCUT2D eigenvalue weighted by Gasteiger charge is -2.22. The van der Waals surface area contributed by atoms with E-state index in [0.717, 1.165) is 0 Å². The van der Waals surface area contributed by atoms with Gasteiger partial charge in [-0.1, -0.05) is 18.2 Å². The molecular weight excluding hydrogens is 230 g/mol. The van der Waals surface area contributed by atoms with Crippen LogP contribution in [0.4, 0.5) is 0 Å². The lowest BCUT2D eigenvalue weighted by molar-refractivity contribution is -0.139. The van der Waals surface area contributed by atoms with Gasteiger partial charge in [0.1, 0.15) is 0 Å². The van der Waals surface area contributed by atoms with Gasteiger partial charge in [0.05, 0.1) is 5.56 Å². The normalized spacial score (nSPS) is 11.7. The Hall–Kier alpha value is -1.84. The summed E-state index contributed by atoms with van der Waals surface area (Å²) in [6.07, 6.45) is -0.752. The number of carbonyl (C=O) groups excluding carboxylic acids is 2. The molecule has 1 amide bonds. The molecule has 0 saturated heterocycles. The van der Waals surface area contributed by atoms with Crippen molar-refractivity contribution in [2.75, 3.05) is 13.1 Å². The molecular formula is C14H19NO3. The summed E-state index contributed by atoms with van der Waals surface area (Å²) in [6, 6.07) is 8.66. The summed E-state index contributed by atoms with van der Waals surface area (Å²) in [5.41, 5.74) is 0.455. The summed E-state index contributed by atoms with van der Waals surface area (Å²) in [5, 5.41) is 0. The molecule has 0 aliphatic rings. The Morgan fingerprint density at radius 1 is 1.17 bits per heavy atom. The Morgan fingerprint density at radius 2 is 1.72 bits per heavy atom. The number of ether oxygens (including phenoxy) is 1. The van der Waals surface area contributed by atoms with Gasteiger partial charge in [0, 0.05) is 13.1 Å². The van der Waals surface area contributed by atoms with E-state index in [2.05, 4.69) is 0 Å². The number of hydrogen-bond acceptors (Lipinski definition) is 3. The van der Waals surface area contributed by atoms with E-state index in [-0.39, 0.29) is 5.91 Å². The predicted octanol–water partition coefficient (Wildman–Crippen LogP) is 2.10. The first-order valence-corrected chi connectivity index (χ1v) is 6.15. The van der Waals surface area contributed by atoms with Crippen molar-refractivity contribution < 1.29 is 14.3 Å². The zero-order chi connectivity index (χ0) is 13.5. The first-order valence-electron chi connectivity index (χ1n) is 6.15. The summed E-state index contributed by atoms with van der Waals surface area (Å²) in [5.74, 6) is -0.632. The van der Waals surface area contributed by atoms with Crippen molar-refractivity contribution in [3.05, 3.63) is 35.9 Å². The minimum absolute atomic E-state index is 0.163. The minimum atomic E-state index is -0.752. The number of nitrogens with zero attached hydrogens (tertiary/aromatic N) is 1. The van der Waals surface area contributed by atoms with Crippen molar-refractivity contribution in [1.82, 2.24) is 4.90 Å². The molecule has 98 valence electrons. The molecule has 0 fully saturated rings. The van der Waals surface area contributed by atoms with Crippen LogP contribution in [0.1, 0.15) is 31.1 Å². The lowest BCUT2D eigenvalue weighted by Crippen LogP contribution is -2.39. The average Bonchev–Trinajstić information content (AvgIpc) is 2.40. The monoisotopic (exact) mass is 249 g/mol. The summed E-state index contributed by atoms with van der Waals surface area (Å²) in [4.78, 5) is 25.3. The van der Waals surface area contributed by atoms with Crippen LogP contribution in [0.2, 0.25) is 0 Å². The van der Waals surface area contributed by atoms with Gasteiger partial charge in [-0.3, -0.25) is 4.79 Å². The number of likely N-dealkylation sites (N-methyl/N-ethyl adjacent to an activating group) is 1. The van der Waals surface area contributed by atoms with Gasteiger partial charge in [0.25, 0.3) is 5.91 Å². The maximum absolute atomic E-state index is 11.9. The fourth-order valence-electron chi connectivity index (χ4n) is 1.65. The maximum Gasteiger partial charge on any atom is 0.338 e. The molecule has 18 heavy (non-hydrogen) atoms. The van der Waals surface area contributed by atoms with Gasteiger partial charge >= 0.3 is 5.97 Å². The molecule has 4 nitrogen and oxygen atoms in total. The van der Waals surface area contributed by atoms with E-state index in [1.807, 2.05) is 19.9 Å². The van der Waals surface area contributed by atoms with Crippen LogP contribution in [0.25, 0.3) is 0 Å². The number of benzene rings is 1. The van der Waals surface area contributed by atoms with E-state index < -0.39 is 12.1 Å². The molecule has 1 aromatic rings. The standard InChI is InChI=1S/C14H19NO3/c1-4-15(5-2)13(16)11(3)18-14(17)12-9-7-6-8-10-12/h6-11H,4-5H2,1-3H3/t11-/m1/s1. The topological polar surface area (TPSA) is 46.6 Å². The van der Waals surface area contributed by atoms with E-state index in [4.69, 9.17) is 4.74 Å². The van der Waals surface area contributed by atoms with Gasteiger partial charge in [-0.15, -0.1) is 0 Å². The summed E-state index contributed by atoms with van der Waals surface area (Å²) < 4.78 is 5.15. The molecule has 0 aromatic heterocycles. The van der Waals surface area contributed by atoms with Gasteiger partial charge < -0.3 is 9.64 Å². The number of esters is 1. The van der Waals surface area contributed by atoms with Crippen LogP contribution in [0.5, 0.6) is 0 Å². The first kappa shape index (κ1) is 14.2. The third-order valence-electron chi connectivity index (χ3n) is 2.72. The highest BCUT2D eigenvalue weighted by Crippen LogP contribution is 2.06. The van der Waals surface area contributed by atoms with Crippen molar-refractivity contribution >= 4 is 11.9 Å². The number of hydrogen-bond donors (Lipinski definition) is 0. The largest absolute Gasteiger partial charge is 0.449 e. The zero-order valence-electron chi connectivity index (χ0n) is 11.1. The van der Waals surface area contributed by atoms with Crippen molar-refractivity contribution in [2.45, 2.75) is 26.9 Å². The van der Waals surface area contributed by atoms with E-state index >= 15 is 0 Å². The van der Waals surface area contributed by atoms with Gasteiger partial charge in [0.2, 0.25) is 0 Å². The van der Waals surface area contributed by atoms with Crippen molar-refractivity contribution in [3.63, 3.8) is 0 Å². The summed E-state index contributed by atoms with van der Waals surface area (Å²) in [6.45, 7) is 6.62. The Labute approximate surface area is 108 Å². The second-order valence-corrected chi connectivity index (χ2v) is 3.92. The molecule has 0 bridgehead atoms. The van der Waals surface area contributed by atoms with Crippen LogP contribution in [0, 0.1) is 0 Å².